The van der Waals surface area contributed by atoms with E-state index in [0.29, 0.717) is 32.4 Å². The molecule has 0 saturated heterocycles. The number of methoxy groups -OCH3 is 1. The van der Waals surface area contributed by atoms with Crippen molar-refractivity contribution in [1.29, 1.82) is 5.26 Å². The maximum Gasteiger partial charge on any atom is 0.337 e. The van der Waals surface area contributed by atoms with E-state index in [0.717, 1.165) is 22.3 Å². The van der Waals surface area contributed by atoms with Crippen LogP contribution in [0.4, 0.5) is 0 Å². The fraction of sp³-hybridized carbons (Fsp3) is 0.107. The zero-order valence-electron chi connectivity index (χ0n) is 19.0. The molecule has 4 aromatic rings. The predicted octanol–water partition coefficient (Wildman–Crippen LogP) is 7.27. The molecule has 0 aliphatic carbocycles. The molecule has 5 nitrogen and oxygen atoms in total. The van der Waals surface area contributed by atoms with Crippen LogP contribution < -0.4 is 4.74 Å². The van der Waals surface area contributed by atoms with Crippen molar-refractivity contribution in [2.75, 3.05) is 7.11 Å². The highest BCUT2D eigenvalue weighted by Crippen LogP contribution is 2.38. The smallest absolute Gasteiger partial charge is 0.337 e. The summed E-state index contributed by atoms with van der Waals surface area (Å²) in [7, 11) is 1.33. The highest BCUT2D eigenvalue weighted by molar-refractivity contribution is 6.36. The Kier molecular flexibility index (Phi) is 7.36. The number of carbonyl (C=O) groups is 1. The van der Waals surface area contributed by atoms with E-state index in [1.165, 1.54) is 7.11 Å². The normalized spacial score (nSPS) is 10.5. The topological polar surface area (TPSA) is 72.2 Å². The number of pyridine rings is 1. The van der Waals surface area contributed by atoms with Crippen LogP contribution in [0.15, 0.2) is 72.8 Å². The molecule has 1 heterocycles. The quantitative estimate of drug-likeness (QED) is 0.259. The molecular formula is C28H20Cl2N2O3. The molecule has 0 bridgehead atoms. The van der Waals surface area contributed by atoms with Crippen LogP contribution in [-0.2, 0) is 11.3 Å². The Labute approximate surface area is 213 Å². The number of esters is 1. The average Bonchev–Trinajstić information content (AvgIpc) is 2.87. The van der Waals surface area contributed by atoms with Gasteiger partial charge in [0, 0.05) is 16.1 Å². The van der Waals surface area contributed by atoms with Gasteiger partial charge in [-0.3, -0.25) is 0 Å². The van der Waals surface area contributed by atoms with Gasteiger partial charge < -0.3 is 9.47 Å². The molecule has 0 radical (unpaired) electrons. The van der Waals surface area contributed by atoms with E-state index in [9.17, 15) is 10.1 Å². The summed E-state index contributed by atoms with van der Waals surface area (Å²) in [6, 6.07) is 23.9. The number of hydrogen-bond donors (Lipinski definition) is 0. The van der Waals surface area contributed by atoms with Gasteiger partial charge in [0.05, 0.1) is 23.4 Å². The Balaban J connectivity index is 1.76. The monoisotopic (exact) mass is 502 g/mol. The van der Waals surface area contributed by atoms with Gasteiger partial charge in [0.2, 0.25) is 5.88 Å². The van der Waals surface area contributed by atoms with E-state index in [4.69, 9.17) is 37.7 Å². The van der Waals surface area contributed by atoms with Crippen molar-refractivity contribution in [3.8, 4) is 34.3 Å². The number of carbonyl (C=O) groups excluding carboxylic acids is 1. The van der Waals surface area contributed by atoms with E-state index >= 15 is 0 Å². The van der Waals surface area contributed by atoms with Crippen LogP contribution >= 0.6 is 23.2 Å². The third-order valence-corrected chi connectivity index (χ3v) is 5.96. The number of aryl methyl sites for hydroxylation is 1. The first-order chi connectivity index (χ1) is 16.9. The van der Waals surface area contributed by atoms with E-state index < -0.39 is 5.97 Å². The number of ether oxygens (including phenoxy) is 2. The second-order valence-corrected chi connectivity index (χ2v) is 8.66. The number of nitriles is 1. The van der Waals surface area contributed by atoms with E-state index in [1.807, 2.05) is 31.2 Å². The summed E-state index contributed by atoms with van der Waals surface area (Å²) >= 11 is 12.6. The van der Waals surface area contributed by atoms with Crippen molar-refractivity contribution >= 4 is 29.2 Å². The van der Waals surface area contributed by atoms with Crippen molar-refractivity contribution < 1.29 is 14.3 Å². The Morgan fingerprint density at radius 3 is 2.31 bits per heavy atom. The van der Waals surface area contributed by atoms with Crippen molar-refractivity contribution in [1.82, 2.24) is 4.98 Å². The van der Waals surface area contributed by atoms with Gasteiger partial charge in [0.25, 0.3) is 0 Å². The number of benzene rings is 3. The zero-order chi connectivity index (χ0) is 24.9. The van der Waals surface area contributed by atoms with Gasteiger partial charge in [-0.15, -0.1) is 0 Å². The minimum atomic E-state index is -0.415. The molecular weight excluding hydrogens is 483 g/mol. The van der Waals surface area contributed by atoms with Crippen molar-refractivity contribution in [3.05, 3.63) is 105 Å². The highest BCUT2D eigenvalue weighted by Gasteiger charge is 2.18. The summed E-state index contributed by atoms with van der Waals surface area (Å²) in [4.78, 5) is 16.4. The zero-order valence-corrected chi connectivity index (χ0v) is 20.5. The molecule has 0 unspecified atom stereocenters. The standard InChI is InChI=1S/C28H20Cl2N2O3/c1-17-3-7-19(8-4-17)24-13-21(15-31)27(32-26(24)23-12-11-22(29)14-25(23)30)35-16-18-5-9-20(10-6-18)28(33)34-2/h3-14H,16H2,1-2H3. The van der Waals surface area contributed by atoms with Crippen LogP contribution in [0.5, 0.6) is 5.88 Å². The van der Waals surface area contributed by atoms with Crippen LogP contribution in [-0.4, -0.2) is 18.1 Å². The number of hydrogen-bond acceptors (Lipinski definition) is 5. The lowest BCUT2D eigenvalue weighted by molar-refractivity contribution is 0.0600. The second-order valence-electron chi connectivity index (χ2n) is 7.82. The molecule has 0 aliphatic rings. The highest BCUT2D eigenvalue weighted by atomic mass is 35.5. The molecule has 7 heteroatoms. The largest absolute Gasteiger partial charge is 0.472 e. The van der Waals surface area contributed by atoms with Gasteiger partial charge in [0.15, 0.2) is 0 Å². The number of nitrogens with zero attached hydrogens (tertiary/aromatic N) is 2. The minimum absolute atomic E-state index is 0.154. The average molecular weight is 503 g/mol. The second kappa shape index (κ2) is 10.6. The van der Waals surface area contributed by atoms with Crippen LogP contribution in [0.1, 0.15) is 27.0 Å². The van der Waals surface area contributed by atoms with Crippen molar-refractivity contribution in [3.63, 3.8) is 0 Å². The predicted molar refractivity (Wildman–Crippen MR) is 137 cm³/mol. The van der Waals surface area contributed by atoms with Crippen molar-refractivity contribution in [2.45, 2.75) is 13.5 Å². The van der Waals surface area contributed by atoms with Gasteiger partial charge in [-0.1, -0.05) is 65.2 Å². The molecule has 0 N–H and O–H groups in total. The Bertz CT molecular complexity index is 1430. The molecule has 0 atom stereocenters. The first-order valence-corrected chi connectivity index (χ1v) is 11.4. The van der Waals surface area contributed by atoms with Gasteiger partial charge in [-0.25, -0.2) is 9.78 Å². The molecule has 0 aliphatic heterocycles. The Morgan fingerprint density at radius 2 is 1.69 bits per heavy atom. The first kappa shape index (κ1) is 24.3. The van der Waals surface area contributed by atoms with Crippen LogP contribution in [0.25, 0.3) is 22.4 Å². The maximum absolute atomic E-state index is 11.7. The molecule has 0 fully saturated rings. The number of rotatable bonds is 6. The Morgan fingerprint density at radius 1 is 0.971 bits per heavy atom. The van der Waals surface area contributed by atoms with Gasteiger partial charge in [-0.05, 0) is 54.4 Å². The van der Waals surface area contributed by atoms with Crippen molar-refractivity contribution in [2.24, 2.45) is 0 Å². The van der Waals surface area contributed by atoms with Gasteiger partial charge in [0.1, 0.15) is 18.2 Å². The van der Waals surface area contributed by atoms with E-state index in [2.05, 4.69) is 6.07 Å². The summed E-state index contributed by atoms with van der Waals surface area (Å²) in [6.07, 6.45) is 0. The number of aromatic nitrogens is 1. The van der Waals surface area contributed by atoms with Crippen LogP contribution in [0.3, 0.4) is 0 Å². The molecule has 3 aromatic carbocycles. The lowest BCUT2D eigenvalue weighted by Crippen LogP contribution is -2.04. The van der Waals surface area contributed by atoms with E-state index in [-0.39, 0.29) is 12.5 Å². The fourth-order valence-electron chi connectivity index (χ4n) is 3.53. The van der Waals surface area contributed by atoms with Gasteiger partial charge in [-0.2, -0.15) is 5.26 Å². The maximum atomic E-state index is 11.7. The van der Waals surface area contributed by atoms with Crippen LogP contribution in [0.2, 0.25) is 10.0 Å². The summed E-state index contributed by atoms with van der Waals surface area (Å²) in [5, 5.41) is 10.8. The summed E-state index contributed by atoms with van der Waals surface area (Å²) in [5.41, 5.74) is 5.54. The first-order valence-electron chi connectivity index (χ1n) is 10.7. The summed E-state index contributed by atoms with van der Waals surface area (Å²) in [6.45, 7) is 2.16. The number of halogens is 2. The third-order valence-electron chi connectivity index (χ3n) is 5.41. The molecule has 0 amide bonds. The summed E-state index contributed by atoms with van der Waals surface area (Å²) < 4.78 is 10.7. The molecule has 0 spiro atoms. The van der Waals surface area contributed by atoms with E-state index in [1.54, 1.807) is 48.5 Å². The molecule has 4 rings (SSSR count). The van der Waals surface area contributed by atoms with Gasteiger partial charge >= 0.3 is 5.97 Å². The molecule has 174 valence electrons. The SMILES string of the molecule is COC(=O)c1ccc(COc2nc(-c3ccc(Cl)cc3Cl)c(-c3ccc(C)cc3)cc2C#N)cc1. The molecule has 0 saturated carbocycles. The summed E-state index contributed by atoms with van der Waals surface area (Å²) in [5.74, 6) is -0.233. The minimum Gasteiger partial charge on any atom is -0.472 e. The van der Waals surface area contributed by atoms with Crippen LogP contribution in [0, 0.1) is 18.3 Å². The molecule has 35 heavy (non-hydrogen) atoms. The third kappa shape index (κ3) is 5.46. The lowest BCUT2D eigenvalue weighted by atomic mass is 9.97. The lowest BCUT2D eigenvalue weighted by Gasteiger charge is -2.15. The Hall–Kier alpha value is -3.85. The fourth-order valence-corrected chi connectivity index (χ4v) is 4.03. The molecule has 1 aromatic heterocycles.